The molecular weight excluding hydrogens is 274 g/mol. The van der Waals surface area contributed by atoms with Crippen molar-refractivity contribution in [2.75, 3.05) is 6.54 Å². The molecule has 1 unspecified atom stereocenters. The zero-order valence-electron chi connectivity index (χ0n) is 12.1. The summed E-state index contributed by atoms with van der Waals surface area (Å²) in [4.78, 5) is 23.1. The van der Waals surface area contributed by atoms with Gasteiger partial charge in [0.1, 0.15) is 6.54 Å². The van der Waals surface area contributed by atoms with Gasteiger partial charge in [0, 0.05) is 5.75 Å². The van der Waals surface area contributed by atoms with E-state index in [0.717, 1.165) is 5.75 Å². The van der Waals surface area contributed by atoms with Crippen LogP contribution in [0.3, 0.4) is 0 Å². The molecule has 0 fully saturated rings. The Hall–Kier alpha value is -1.49. The van der Waals surface area contributed by atoms with E-state index in [4.69, 9.17) is 4.74 Å². The average Bonchev–Trinajstić information content (AvgIpc) is 2.42. The molecule has 0 saturated heterocycles. The predicted octanol–water partition coefficient (Wildman–Crippen LogP) is 2.38. The van der Waals surface area contributed by atoms with Crippen molar-refractivity contribution in [3.8, 4) is 0 Å². The van der Waals surface area contributed by atoms with Crippen LogP contribution in [0.4, 0.5) is 0 Å². The summed E-state index contributed by atoms with van der Waals surface area (Å²) in [6.45, 7) is 5.31. The van der Waals surface area contributed by atoms with E-state index in [-0.39, 0.29) is 23.8 Å². The van der Waals surface area contributed by atoms with Crippen molar-refractivity contribution in [1.29, 1.82) is 0 Å². The van der Waals surface area contributed by atoms with E-state index in [9.17, 15) is 9.59 Å². The van der Waals surface area contributed by atoms with Gasteiger partial charge in [-0.15, -0.1) is 11.8 Å². The molecule has 0 aliphatic heterocycles. The third kappa shape index (κ3) is 6.61. The number of thioether (sulfide) groups is 1. The Morgan fingerprint density at radius 2 is 1.85 bits per heavy atom. The summed E-state index contributed by atoms with van der Waals surface area (Å²) in [7, 11) is 0. The Bertz CT molecular complexity index is 434. The number of hydrogen-bond acceptors (Lipinski definition) is 4. The first kappa shape index (κ1) is 16.6. The first-order chi connectivity index (χ1) is 9.49. The average molecular weight is 295 g/mol. The highest BCUT2D eigenvalue weighted by Gasteiger charge is 2.15. The SMILES string of the molecule is CC(C)OC(=O)CNC(=O)C(C)SCc1ccccc1. The van der Waals surface area contributed by atoms with Crippen LogP contribution >= 0.6 is 11.8 Å². The van der Waals surface area contributed by atoms with Gasteiger partial charge in [0.25, 0.3) is 0 Å². The van der Waals surface area contributed by atoms with Crippen molar-refractivity contribution in [3.05, 3.63) is 35.9 Å². The lowest BCUT2D eigenvalue weighted by molar-refractivity contribution is -0.147. The van der Waals surface area contributed by atoms with Crippen LogP contribution in [0.15, 0.2) is 30.3 Å². The molecular formula is C15H21NO3S. The number of ether oxygens (including phenoxy) is 1. The number of carbonyl (C=O) groups excluding carboxylic acids is 2. The van der Waals surface area contributed by atoms with Gasteiger partial charge in [-0.25, -0.2) is 0 Å². The van der Waals surface area contributed by atoms with Crippen molar-refractivity contribution in [3.63, 3.8) is 0 Å². The molecule has 4 nitrogen and oxygen atoms in total. The van der Waals surface area contributed by atoms with Crippen LogP contribution < -0.4 is 5.32 Å². The van der Waals surface area contributed by atoms with Gasteiger partial charge in [-0.1, -0.05) is 30.3 Å². The fourth-order valence-electron chi connectivity index (χ4n) is 1.48. The number of benzene rings is 1. The van der Waals surface area contributed by atoms with Gasteiger partial charge in [0.15, 0.2) is 0 Å². The van der Waals surface area contributed by atoms with Gasteiger partial charge in [-0.3, -0.25) is 9.59 Å². The molecule has 5 heteroatoms. The van der Waals surface area contributed by atoms with Crippen molar-refractivity contribution in [2.24, 2.45) is 0 Å². The molecule has 0 aliphatic rings. The fraction of sp³-hybridized carbons (Fsp3) is 0.467. The lowest BCUT2D eigenvalue weighted by atomic mass is 10.2. The molecule has 1 aromatic carbocycles. The van der Waals surface area contributed by atoms with E-state index in [1.807, 2.05) is 37.3 Å². The van der Waals surface area contributed by atoms with E-state index in [0.29, 0.717) is 0 Å². The van der Waals surface area contributed by atoms with Crippen LogP contribution in [0, 0.1) is 0 Å². The molecule has 0 spiro atoms. The second-order valence-electron chi connectivity index (χ2n) is 4.70. The summed E-state index contributed by atoms with van der Waals surface area (Å²) in [5.74, 6) is 0.214. The Morgan fingerprint density at radius 1 is 1.20 bits per heavy atom. The van der Waals surface area contributed by atoms with Crippen LogP contribution in [-0.2, 0) is 20.1 Å². The molecule has 0 aliphatic carbocycles. The maximum Gasteiger partial charge on any atom is 0.325 e. The molecule has 20 heavy (non-hydrogen) atoms. The van der Waals surface area contributed by atoms with E-state index in [2.05, 4.69) is 5.32 Å². The molecule has 0 bridgehead atoms. The minimum atomic E-state index is -0.409. The van der Waals surface area contributed by atoms with Gasteiger partial charge < -0.3 is 10.1 Å². The molecule has 1 N–H and O–H groups in total. The summed E-state index contributed by atoms with van der Waals surface area (Å²) >= 11 is 1.54. The van der Waals surface area contributed by atoms with Crippen molar-refractivity contribution >= 4 is 23.6 Å². The summed E-state index contributed by atoms with van der Waals surface area (Å²) < 4.78 is 4.95. The second kappa shape index (κ2) is 8.64. The van der Waals surface area contributed by atoms with Gasteiger partial charge in [0.05, 0.1) is 11.4 Å². The van der Waals surface area contributed by atoms with Crippen molar-refractivity contribution in [1.82, 2.24) is 5.32 Å². The summed E-state index contributed by atoms with van der Waals surface area (Å²) in [5.41, 5.74) is 1.18. The minimum Gasteiger partial charge on any atom is -0.462 e. The van der Waals surface area contributed by atoms with Crippen LogP contribution in [-0.4, -0.2) is 29.8 Å². The highest BCUT2D eigenvalue weighted by Crippen LogP contribution is 2.17. The van der Waals surface area contributed by atoms with Gasteiger partial charge >= 0.3 is 5.97 Å². The lowest BCUT2D eigenvalue weighted by Gasteiger charge is -2.12. The van der Waals surface area contributed by atoms with E-state index < -0.39 is 5.97 Å². The Kier molecular flexibility index (Phi) is 7.15. The van der Waals surface area contributed by atoms with Gasteiger partial charge in [-0.05, 0) is 26.3 Å². The first-order valence-electron chi connectivity index (χ1n) is 6.61. The number of amides is 1. The van der Waals surface area contributed by atoms with Crippen molar-refractivity contribution in [2.45, 2.75) is 37.9 Å². The quantitative estimate of drug-likeness (QED) is 0.785. The third-order valence-corrected chi connectivity index (χ3v) is 3.70. The zero-order valence-corrected chi connectivity index (χ0v) is 12.9. The highest BCUT2D eigenvalue weighted by atomic mass is 32.2. The van der Waals surface area contributed by atoms with E-state index >= 15 is 0 Å². The molecule has 110 valence electrons. The lowest BCUT2D eigenvalue weighted by Crippen LogP contribution is -2.36. The number of esters is 1. The summed E-state index contributed by atoms with van der Waals surface area (Å²) in [6.07, 6.45) is -0.163. The van der Waals surface area contributed by atoms with Crippen LogP contribution in [0.1, 0.15) is 26.3 Å². The maximum absolute atomic E-state index is 11.8. The largest absolute Gasteiger partial charge is 0.462 e. The fourth-order valence-corrected chi connectivity index (χ4v) is 2.35. The summed E-state index contributed by atoms with van der Waals surface area (Å²) in [5, 5.41) is 2.38. The van der Waals surface area contributed by atoms with Gasteiger partial charge in [-0.2, -0.15) is 0 Å². The van der Waals surface area contributed by atoms with Crippen LogP contribution in [0.5, 0.6) is 0 Å². The first-order valence-corrected chi connectivity index (χ1v) is 7.66. The molecule has 0 heterocycles. The molecule has 1 amide bonds. The number of nitrogens with one attached hydrogen (secondary N) is 1. The van der Waals surface area contributed by atoms with Crippen molar-refractivity contribution < 1.29 is 14.3 Å². The highest BCUT2D eigenvalue weighted by molar-refractivity contribution is 7.99. The van der Waals surface area contributed by atoms with Gasteiger partial charge in [0.2, 0.25) is 5.91 Å². The number of rotatable bonds is 7. The zero-order chi connectivity index (χ0) is 15.0. The smallest absolute Gasteiger partial charge is 0.325 e. The number of carbonyl (C=O) groups is 2. The van der Waals surface area contributed by atoms with E-state index in [1.165, 1.54) is 17.3 Å². The monoisotopic (exact) mass is 295 g/mol. The molecule has 1 rings (SSSR count). The standard InChI is InChI=1S/C15H21NO3S/c1-11(2)19-14(17)9-16-15(18)12(3)20-10-13-7-5-4-6-8-13/h4-8,11-12H,9-10H2,1-3H3,(H,16,18). The maximum atomic E-state index is 11.8. The molecule has 0 saturated carbocycles. The second-order valence-corrected chi connectivity index (χ2v) is 6.02. The Balaban J connectivity index is 2.27. The Labute approximate surface area is 124 Å². The minimum absolute atomic E-state index is 0.0761. The molecule has 1 aromatic rings. The predicted molar refractivity (Wildman–Crippen MR) is 81.4 cm³/mol. The van der Waals surface area contributed by atoms with Crippen LogP contribution in [0.25, 0.3) is 0 Å². The van der Waals surface area contributed by atoms with E-state index in [1.54, 1.807) is 13.8 Å². The topological polar surface area (TPSA) is 55.4 Å². The normalized spacial score (nSPS) is 12.0. The molecule has 0 radical (unpaired) electrons. The molecule has 0 aromatic heterocycles. The van der Waals surface area contributed by atoms with Crippen LogP contribution in [0.2, 0.25) is 0 Å². The summed E-state index contributed by atoms with van der Waals surface area (Å²) in [6, 6.07) is 9.96. The third-order valence-electron chi connectivity index (χ3n) is 2.49. The Morgan fingerprint density at radius 3 is 2.45 bits per heavy atom. The number of hydrogen-bond donors (Lipinski definition) is 1. The molecule has 1 atom stereocenters.